The maximum atomic E-state index is 13.1. The average Bonchev–Trinajstić information content (AvgIpc) is 2.66. The Balaban J connectivity index is 2.73. The minimum atomic E-state index is -1.16. The topological polar surface area (TPSA) is 99.9 Å². The molecular formula is C21H29ClN2O5. The zero-order valence-corrected chi connectivity index (χ0v) is 18.0. The Morgan fingerprint density at radius 3 is 2.45 bits per heavy atom. The maximum absolute atomic E-state index is 13.1. The number of rotatable bonds is 8. The molecule has 0 fully saturated rings. The number of carbonyl (C=O) groups excluding carboxylic acids is 2. The van der Waals surface area contributed by atoms with Crippen molar-refractivity contribution in [3.8, 4) is 0 Å². The monoisotopic (exact) mass is 424 g/mol. The van der Waals surface area contributed by atoms with Crippen LogP contribution in [-0.4, -0.2) is 44.0 Å². The second-order valence-electron chi connectivity index (χ2n) is 6.86. The molecule has 0 aliphatic carbocycles. The standard InChI is InChI=1S/C21H29ClN2O5/c1-5-27-19(25)16-13(3)24-21(4,29-12-11-23)18(20(26)28-6-2)17(16)14-9-7-8-10-15(14)22/h7-10,17-18,24H,5-6,11-12,23H2,1-4H3/t17-,18-,21+/m0/s1. The Morgan fingerprint density at radius 1 is 1.21 bits per heavy atom. The number of hydrogen-bond donors (Lipinski definition) is 2. The van der Waals surface area contributed by atoms with E-state index in [2.05, 4.69) is 5.32 Å². The van der Waals surface area contributed by atoms with Gasteiger partial charge in [0, 0.05) is 23.2 Å². The molecule has 0 radical (unpaired) electrons. The normalized spacial score (nSPS) is 24.1. The molecule has 8 heteroatoms. The number of nitrogens with two attached hydrogens (primary N) is 1. The number of allylic oxidation sites excluding steroid dienone is 1. The van der Waals surface area contributed by atoms with E-state index in [1.807, 2.05) is 6.07 Å². The quantitative estimate of drug-likeness (QED) is 0.619. The number of esters is 2. The third-order valence-corrected chi connectivity index (χ3v) is 5.22. The van der Waals surface area contributed by atoms with Gasteiger partial charge in [-0.25, -0.2) is 4.79 Å². The van der Waals surface area contributed by atoms with Crippen LogP contribution in [0.25, 0.3) is 0 Å². The van der Waals surface area contributed by atoms with E-state index < -0.39 is 29.5 Å². The molecular weight excluding hydrogens is 396 g/mol. The van der Waals surface area contributed by atoms with E-state index >= 15 is 0 Å². The number of carbonyl (C=O) groups is 2. The molecule has 2 rings (SSSR count). The molecule has 0 bridgehead atoms. The van der Waals surface area contributed by atoms with Gasteiger partial charge in [0.15, 0.2) is 0 Å². The van der Waals surface area contributed by atoms with Crippen LogP contribution in [-0.2, 0) is 23.8 Å². The summed E-state index contributed by atoms with van der Waals surface area (Å²) >= 11 is 6.49. The van der Waals surface area contributed by atoms with E-state index in [1.165, 1.54) is 0 Å². The molecule has 1 aromatic carbocycles. The summed E-state index contributed by atoms with van der Waals surface area (Å²) in [4.78, 5) is 26.0. The smallest absolute Gasteiger partial charge is 0.336 e. The lowest BCUT2D eigenvalue weighted by molar-refractivity contribution is -0.169. The van der Waals surface area contributed by atoms with E-state index in [0.717, 1.165) is 0 Å². The van der Waals surface area contributed by atoms with Crippen LogP contribution >= 0.6 is 11.6 Å². The molecule has 0 aromatic heterocycles. The van der Waals surface area contributed by atoms with E-state index in [1.54, 1.807) is 45.9 Å². The summed E-state index contributed by atoms with van der Waals surface area (Å²) in [7, 11) is 0. The minimum absolute atomic E-state index is 0.189. The Morgan fingerprint density at radius 2 is 1.86 bits per heavy atom. The van der Waals surface area contributed by atoms with Gasteiger partial charge < -0.3 is 25.3 Å². The molecule has 0 saturated heterocycles. The van der Waals surface area contributed by atoms with E-state index in [9.17, 15) is 9.59 Å². The molecule has 1 aromatic rings. The van der Waals surface area contributed by atoms with Crippen LogP contribution in [0.1, 0.15) is 39.2 Å². The largest absolute Gasteiger partial charge is 0.466 e. The van der Waals surface area contributed by atoms with E-state index in [4.69, 9.17) is 31.5 Å². The first-order valence-electron chi connectivity index (χ1n) is 9.71. The van der Waals surface area contributed by atoms with Gasteiger partial charge in [0.1, 0.15) is 11.6 Å². The fourth-order valence-corrected chi connectivity index (χ4v) is 4.03. The second kappa shape index (κ2) is 10.1. The van der Waals surface area contributed by atoms with Gasteiger partial charge in [-0.1, -0.05) is 29.8 Å². The molecule has 0 unspecified atom stereocenters. The van der Waals surface area contributed by atoms with Gasteiger partial charge in [0.05, 0.1) is 25.4 Å². The highest BCUT2D eigenvalue weighted by Crippen LogP contribution is 2.46. The van der Waals surface area contributed by atoms with Crippen molar-refractivity contribution < 1.29 is 23.8 Å². The molecule has 3 atom stereocenters. The van der Waals surface area contributed by atoms with Crippen LogP contribution in [0.3, 0.4) is 0 Å². The summed E-state index contributed by atoms with van der Waals surface area (Å²) in [6.45, 7) is 7.84. The van der Waals surface area contributed by atoms with Crippen molar-refractivity contribution in [3.05, 3.63) is 46.1 Å². The number of ether oxygens (including phenoxy) is 3. The lowest BCUT2D eigenvalue weighted by Gasteiger charge is -2.46. The van der Waals surface area contributed by atoms with Crippen molar-refractivity contribution >= 4 is 23.5 Å². The van der Waals surface area contributed by atoms with Gasteiger partial charge in [-0.3, -0.25) is 4.79 Å². The number of benzene rings is 1. The molecule has 1 aliphatic heterocycles. The minimum Gasteiger partial charge on any atom is -0.466 e. The van der Waals surface area contributed by atoms with Crippen LogP contribution in [0.15, 0.2) is 35.5 Å². The third-order valence-electron chi connectivity index (χ3n) is 4.87. The van der Waals surface area contributed by atoms with Gasteiger partial charge in [-0.05, 0) is 39.3 Å². The summed E-state index contributed by atoms with van der Waals surface area (Å²) < 4.78 is 16.6. The molecule has 29 heavy (non-hydrogen) atoms. The first-order valence-corrected chi connectivity index (χ1v) is 10.1. The molecule has 0 saturated carbocycles. The van der Waals surface area contributed by atoms with Gasteiger partial charge in [0.2, 0.25) is 0 Å². The maximum Gasteiger partial charge on any atom is 0.336 e. The number of nitrogens with one attached hydrogen (secondary N) is 1. The molecule has 3 N–H and O–H groups in total. The summed E-state index contributed by atoms with van der Waals surface area (Å²) in [5, 5.41) is 3.62. The highest BCUT2D eigenvalue weighted by atomic mass is 35.5. The summed E-state index contributed by atoms with van der Waals surface area (Å²) in [6, 6.07) is 7.11. The van der Waals surface area contributed by atoms with Gasteiger partial charge in [0.25, 0.3) is 0 Å². The highest BCUT2D eigenvalue weighted by Gasteiger charge is 2.53. The van der Waals surface area contributed by atoms with Crippen LogP contribution < -0.4 is 11.1 Å². The Bertz CT molecular complexity index is 782. The van der Waals surface area contributed by atoms with Crippen molar-refractivity contribution in [2.24, 2.45) is 11.7 Å². The van der Waals surface area contributed by atoms with Crippen molar-refractivity contribution in [1.82, 2.24) is 5.32 Å². The van der Waals surface area contributed by atoms with E-state index in [-0.39, 0.29) is 26.4 Å². The van der Waals surface area contributed by atoms with Crippen LogP contribution in [0, 0.1) is 5.92 Å². The predicted octanol–water partition coefficient (Wildman–Crippen LogP) is 2.73. The van der Waals surface area contributed by atoms with Crippen molar-refractivity contribution in [3.63, 3.8) is 0 Å². The third kappa shape index (κ3) is 4.91. The number of hydrogen-bond acceptors (Lipinski definition) is 7. The average molecular weight is 425 g/mol. The molecule has 160 valence electrons. The Kier molecular flexibility index (Phi) is 8.07. The molecule has 1 heterocycles. The molecule has 1 aliphatic rings. The van der Waals surface area contributed by atoms with Crippen LogP contribution in [0.5, 0.6) is 0 Å². The Hall–Kier alpha value is -2.09. The van der Waals surface area contributed by atoms with Crippen LogP contribution in [0.2, 0.25) is 5.02 Å². The van der Waals surface area contributed by atoms with Gasteiger partial charge in [-0.2, -0.15) is 0 Å². The van der Waals surface area contributed by atoms with Crippen LogP contribution in [0.4, 0.5) is 0 Å². The number of halogens is 1. The van der Waals surface area contributed by atoms with Crippen molar-refractivity contribution in [2.75, 3.05) is 26.4 Å². The SMILES string of the molecule is CCOC(=O)C1=C(C)N[C@](C)(OCCN)[C@H](C(=O)OCC)[C@H]1c1ccccc1Cl. The molecule has 0 spiro atoms. The lowest BCUT2D eigenvalue weighted by Crippen LogP contribution is -2.59. The summed E-state index contributed by atoms with van der Waals surface area (Å²) in [5.41, 5.74) is 5.97. The fraction of sp³-hybridized carbons (Fsp3) is 0.524. The molecule has 7 nitrogen and oxygen atoms in total. The van der Waals surface area contributed by atoms with Crippen molar-refractivity contribution in [2.45, 2.75) is 39.3 Å². The second-order valence-corrected chi connectivity index (χ2v) is 7.26. The van der Waals surface area contributed by atoms with Gasteiger partial charge in [-0.15, -0.1) is 0 Å². The summed E-state index contributed by atoms with van der Waals surface area (Å²) in [5.74, 6) is -2.63. The lowest BCUT2D eigenvalue weighted by atomic mass is 9.72. The first kappa shape index (κ1) is 23.2. The molecule has 0 amide bonds. The highest BCUT2D eigenvalue weighted by molar-refractivity contribution is 6.31. The zero-order chi connectivity index (χ0) is 21.6. The predicted molar refractivity (Wildman–Crippen MR) is 110 cm³/mol. The first-order chi connectivity index (χ1) is 13.8. The van der Waals surface area contributed by atoms with Gasteiger partial charge >= 0.3 is 11.9 Å². The van der Waals surface area contributed by atoms with Crippen molar-refractivity contribution in [1.29, 1.82) is 0 Å². The zero-order valence-electron chi connectivity index (χ0n) is 17.3. The fourth-order valence-electron chi connectivity index (χ4n) is 3.78. The summed E-state index contributed by atoms with van der Waals surface area (Å²) in [6.07, 6.45) is 0. The van der Waals surface area contributed by atoms with E-state index in [0.29, 0.717) is 21.9 Å². The Labute approximate surface area is 176 Å².